The molecule has 0 fully saturated rings. The molecule has 0 unspecified atom stereocenters. The molecule has 0 heterocycles. The first-order valence-corrected chi connectivity index (χ1v) is 3.94. The molecule has 0 N–H and O–H groups in total. The van der Waals surface area contributed by atoms with E-state index in [2.05, 4.69) is 12.1 Å². The summed E-state index contributed by atoms with van der Waals surface area (Å²) in [5.74, 6) is 0. The third-order valence-electron chi connectivity index (χ3n) is 1.43. The summed E-state index contributed by atoms with van der Waals surface area (Å²) < 4.78 is 5.43. The van der Waals surface area contributed by atoms with Crippen molar-refractivity contribution in [1.29, 1.82) is 0 Å². The minimum absolute atomic E-state index is 0. The third kappa shape index (κ3) is 4.94. The van der Waals surface area contributed by atoms with Gasteiger partial charge in [0.25, 0.3) is 0 Å². The van der Waals surface area contributed by atoms with Crippen LogP contribution >= 0.6 is 0 Å². The maximum Gasteiger partial charge on any atom is 0.0720 e. The number of ether oxygens (including phenoxy) is 1. The smallest absolute Gasteiger partial charge is 0.0720 e. The zero-order chi connectivity index (χ0) is 8.10. The van der Waals surface area contributed by atoms with Crippen LogP contribution in [0.4, 0.5) is 0 Å². The van der Waals surface area contributed by atoms with Gasteiger partial charge in [0.1, 0.15) is 0 Å². The molecule has 12 heavy (non-hydrogen) atoms. The van der Waals surface area contributed by atoms with E-state index in [1.807, 2.05) is 32.0 Å². The van der Waals surface area contributed by atoms with Crippen LogP contribution in [0.15, 0.2) is 30.3 Å². The van der Waals surface area contributed by atoms with Crippen molar-refractivity contribution in [3.63, 3.8) is 0 Å². The van der Waals surface area contributed by atoms with Crippen LogP contribution in [0.5, 0.6) is 0 Å². The molecule has 1 radical (unpaired) electrons. The van der Waals surface area contributed by atoms with Gasteiger partial charge >= 0.3 is 0 Å². The van der Waals surface area contributed by atoms with Gasteiger partial charge in [-0.1, -0.05) is 30.3 Å². The van der Waals surface area contributed by atoms with Crippen LogP contribution in [0.2, 0.25) is 0 Å². The Balaban J connectivity index is 0.00000121. The molecule has 0 spiro atoms. The molecule has 0 aliphatic rings. The van der Waals surface area contributed by atoms with Gasteiger partial charge in [0.05, 0.1) is 12.7 Å². The summed E-state index contributed by atoms with van der Waals surface area (Å²) in [5.41, 5.74) is 1.24. The summed E-state index contributed by atoms with van der Waals surface area (Å²) in [6.07, 6.45) is 0.315. The average molecular weight is 173 g/mol. The molecule has 0 saturated carbocycles. The van der Waals surface area contributed by atoms with E-state index in [0.717, 1.165) is 6.61 Å². The van der Waals surface area contributed by atoms with E-state index in [0.29, 0.717) is 6.10 Å². The van der Waals surface area contributed by atoms with Gasteiger partial charge in [-0.25, -0.2) is 0 Å². The predicted molar refractivity (Wildman–Crippen MR) is 52.1 cm³/mol. The van der Waals surface area contributed by atoms with Gasteiger partial charge < -0.3 is 4.74 Å². The van der Waals surface area contributed by atoms with Gasteiger partial charge in [-0.3, -0.25) is 0 Å². The zero-order valence-electron chi connectivity index (χ0n) is 8.08. The fourth-order valence-electron chi connectivity index (χ4n) is 0.837. The van der Waals surface area contributed by atoms with Crippen molar-refractivity contribution in [1.82, 2.24) is 0 Å². The Labute approximate surface area is 96.4 Å². The summed E-state index contributed by atoms with van der Waals surface area (Å²) in [6.45, 7) is 4.81. The van der Waals surface area contributed by atoms with Crippen LogP contribution in [-0.4, -0.2) is 35.7 Å². The van der Waals surface area contributed by atoms with Crippen LogP contribution in [0.3, 0.4) is 0 Å². The van der Waals surface area contributed by atoms with Crippen molar-refractivity contribution < 1.29 is 4.74 Å². The summed E-state index contributed by atoms with van der Waals surface area (Å²) >= 11 is 0. The second kappa shape index (κ2) is 6.67. The van der Waals surface area contributed by atoms with E-state index in [9.17, 15) is 0 Å². The van der Waals surface area contributed by atoms with Crippen LogP contribution < -0.4 is 0 Å². The van der Waals surface area contributed by atoms with Crippen molar-refractivity contribution >= 4 is 29.6 Å². The molecule has 1 rings (SSSR count). The largest absolute Gasteiger partial charge is 0.374 e. The number of hydrogen-bond acceptors (Lipinski definition) is 1. The average Bonchev–Trinajstić information content (AvgIpc) is 2.03. The Morgan fingerprint density at radius 3 is 2.25 bits per heavy atom. The van der Waals surface area contributed by atoms with Crippen molar-refractivity contribution in [3.8, 4) is 0 Å². The first-order valence-electron chi connectivity index (χ1n) is 3.94. The van der Waals surface area contributed by atoms with Gasteiger partial charge in [-0.15, -0.1) is 0 Å². The molecule has 0 bridgehead atoms. The van der Waals surface area contributed by atoms with E-state index in [4.69, 9.17) is 4.74 Å². The van der Waals surface area contributed by atoms with Gasteiger partial charge in [-0.05, 0) is 19.4 Å². The molecular formula is C10H14NaO. The van der Waals surface area contributed by atoms with E-state index < -0.39 is 0 Å². The second-order valence-corrected chi connectivity index (χ2v) is 2.85. The second-order valence-electron chi connectivity index (χ2n) is 2.85. The number of benzene rings is 1. The monoisotopic (exact) mass is 173 g/mol. The molecular weight excluding hydrogens is 159 g/mol. The maximum atomic E-state index is 5.43. The molecule has 0 aromatic heterocycles. The first kappa shape index (κ1) is 12.2. The SMILES string of the molecule is CC(C)OCc1ccccc1.[Na]. The molecule has 2 heteroatoms. The normalized spacial score (nSPS) is 9.58. The summed E-state index contributed by atoms with van der Waals surface area (Å²) in [6, 6.07) is 10.2. The molecule has 1 aromatic rings. The molecule has 1 nitrogen and oxygen atoms in total. The molecule has 1 aromatic carbocycles. The Kier molecular flexibility index (Phi) is 6.77. The molecule has 0 aliphatic carbocycles. The van der Waals surface area contributed by atoms with Crippen molar-refractivity contribution in [2.45, 2.75) is 26.6 Å². The minimum atomic E-state index is 0. The first-order chi connectivity index (χ1) is 5.29. The van der Waals surface area contributed by atoms with Gasteiger partial charge in [0.15, 0.2) is 0 Å². The van der Waals surface area contributed by atoms with E-state index in [1.165, 1.54) is 5.56 Å². The van der Waals surface area contributed by atoms with Crippen LogP contribution in [0.25, 0.3) is 0 Å². The zero-order valence-corrected chi connectivity index (χ0v) is 10.1. The molecule has 0 amide bonds. The van der Waals surface area contributed by atoms with E-state index in [1.54, 1.807) is 0 Å². The molecule has 61 valence electrons. The number of rotatable bonds is 3. The predicted octanol–water partition coefficient (Wildman–Crippen LogP) is 2.23. The minimum Gasteiger partial charge on any atom is -0.374 e. The molecule has 0 atom stereocenters. The quantitative estimate of drug-likeness (QED) is 0.637. The van der Waals surface area contributed by atoms with Crippen LogP contribution in [0, 0.1) is 0 Å². The standard InChI is InChI=1S/C10H14O.Na/c1-9(2)11-8-10-6-4-3-5-7-10;/h3-7,9H,8H2,1-2H3;. The fraction of sp³-hybridized carbons (Fsp3) is 0.400. The molecule has 0 saturated heterocycles. The van der Waals surface area contributed by atoms with Crippen molar-refractivity contribution in [3.05, 3.63) is 35.9 Å². The van der Waals surface area contributed by atoms with Gasteiger partial charge in [-0.2, -0.15) is 0 Å². The topological polar surface area (TPSA) is 9.23 Å². The van der Waals surface area contributed by atoms with E-state index >= 15 is 0 Å². The Hall–Kier alpha value is 0.180. The van der Waals surface area contributed by atoms with Crippen molar-refractivity contribution in [2.75, 3.05) is 0 Å². The van der Waals surface area contributed by atoms with Crippen LogP contribution in [-0.2, 0) is 11.3 Å². The van der Waals surface area contributed by atoms with Crippen LogP contribution in [0.1, 0.15) is 19.4 Å². The number of hydrogen-bond donors (Lipinski definition) is 0. The third-order valence-corrected chi connectivity index (χ3v) is 1.43. The summed E-state index contributed by atoms with van der Waals surface area (Å²) in [4.78, 5) is 0. The van der Waals surface area contributed by atoms with Gasteiger partial charge in [0.2, 0.25) is 0 Å². The van der Waals surface area contributed by atoms with Gasteiger partial charge in [0, 0.05) is 29.6 Å². The summed E-state index contributed by atoms with van der Waals surface area (Å²) in [5, 5.41) is 0. The Bertz CT molecular complexity index is 196. The molecule has 0 aliphatic heterocycles. The fourth-order valence-corrected chi connectivity index (χ4v) is 0.837. The Morgan fingerprint density at radius 2 is 1.75 bits per heavy atom. The van der Waals surface area contributed by atoms with E-state index in [-0.39, 0.29) is 29.6 Å². The van der Waals surface area contributed by atoms with Crippen molar-refractivity contribution in [2.24, 2.45) is 0 Å². The Morgan fingerprint density at radius 1 is 1.17 bits per heavy atom. The maximum absolute atomic E-state index is 5.43. The summed E-state index contributed by atoms with van der Waals surface area (Å²) in [7, 11) is 0.